The molecule has 1 nitrogen and oxygen atoms in total. The summed E-state index contributed by atoms with van der Waals surface area (Å²) >= 11 is 0. The summed E-state index contributed by atoms with van der Waals surface area (Å²) < 4.78 is 6.58. The summed E-state index contributed by atoms with van der Waals surface area (Å²) in [6.45, 7) is 4.68. The molecule has 0 fully saturated rings. The molecule has 1 heterocycles. The molecule has 1 aromatic heterocycles. The highest BCUT2D eigenvalue weighted by atomic mass is 16.3. The lowest BCUT2D eigenvalue weighted by Crippen LogP contribution is -2.14. The Kier molecular flexibility index (Phi) is 4.58. The lowest BCUT2D eigenvalue weighted by atomic mass is 9.81. The van der Waals surface area contributed by atoms with Crippen LogP contribution in [0.5, 0.6) is 0 Å². The second kappa shape index (κ2) is 8.36. The molecular weight excluding hydrogens is 532 g/mol. The number of rotatable bonds is 2. The molecule has 0 saturated heterocycles. The second-order valence-corrected chi connectivity index (χ2v) is 12.9. The molecule has 44 heavy (non-hydrogen) atoms. The van der Waals surface area contributed by atoms with Crippen LogP contribution in [0.15, 0.2) is 138 Å². The van der Waals surface area contributed by atoms with Gasteiger partial charge in [-0.15, -0.1) is 0 Å². The zero-order valence-electron chi connectivity index (χ0n) is 24.6. The fourth-order valence-corrected chi connectivity index (χ4v) is 8.16. The predicted molar refractivity (Wildman–Crippen MR) is 184 cm³/mol. The predicted octanol–water partition coefficient (Wildman–Crippen LogP) is 12.0. The highest BCUT2D eigenvalue weighted by Crippen LogP contribution is 2.51. The molecule has 0 N–H and O–H groups in total. The first-order valence-corrected chi connectivity index (χ1v) is 15.4. The Morgan fingerprint density at radius 1 is 0.386 bits per heavy atom. The Morgan fingerprint density at radius 2 is 0.977 bits per heavy atom. The monoisotopic (exact) mass is 560 g/mol. The van der Waals surface area contributed by atoms with E-state index in [1.807, 2.05) is 0 Å². The van der Waals surface area contributed by atoms with E-state index in [1.54, 1.807) is 0 Å². The van der Waals surface area contributed by atoms with Crippen molar-refractivity contribution in [3.63, 3.8) is 0 Å². The van der Waals surface area contributed by atoms with Gasteiger partial charge < -0.3 is 4.42 Å². The van der Waals surface area contributed by atoms with E-state index in [1.165, 1.54) is 82.9 Å². The van der Waals surface area contributed by atoms with E-state index in [9.17, 15) is 0 Å². The zero-order valence-corrected chi connectivity index (χ0v) is 24.6. The Hall–Kier alpha value is -5.40. The van der Waals surface area contributed by atoms with E-state index in [0.29, 0.717) is 0 Å². The van der Waals surface area contributed by atoms with Crippen LogP contribution in [-0.4, -0.2) is 0 Å². The molecule has 7 aromatic carbocycles. The van der Waals surface area contributed by atoms with Crippen LogP contribution in [0.3, 0.4) is 0 Å². The van der Waals surface area contributed by atoms with Gasteiger partial charge in [-0.05, 0) is 102 Å². The van der Waals surface area contributed by atoms with Gasteiger partial charge >= 0.3 is 0 Å². The van der Waals surface area contributed by atoms with Crippen molar-refractivity contribution in [2.24, 2.45) is 0 Å². The third-order valence-electron chi connectivity index (χ3n) is 10.3. The van der Waals surface area contributed by atoms with E-state index < -0.39 is 0 Å². The maximum Gasteiger partial charge on any atom is 0.136 e. The molecule has 10 rings (SSSR count). The average molecular weight is 561 g/mol. The van der Waals surface area contributed by atoms with Crippen molar-refractivity contribution < 1.29 is 4.42 Å². The molecule has 0 amide bonds. The van der Waals surface area contributed by atoms with Crippen molar-refractivity contribution >= 4 is 32.7 Å². The molecule has 0 radical (unpaired) electrons. The van der Waals surface area contributed by atoms with Gasteiger partial charge in [0.25, 0.3) is 0 Å². The van der Waals surface area contributed by atoms with Crippen LogP contribution in [0.25, 0.3) is 88.3 Å². The van der Waals surface area contributed by atoms with Gasteiger partial charge in [0.05, 0.1) is 0 Å². The van der Waals surface area contributed by atoms with Gasteiger partial charge in [-0.25, -0.2) is 0 Å². The minimum atomic E-state index is -0.0265. The van der Waals surface area contributed by atoms with E-state index >= 15 is 0 Å². The van der Waals surface area contributed by atoms with E-state index in [4.69, 9.17) is 4.42 Å². The summed E-state index contributed by atoms with van der Waals surface area (Å²) in [4.78, 5) is 0. The third-order valence-corrected chi connectivity index (χ3v) is 10.3. The summed E-state index contributed by atoms with van der Waals surface area (Å²) in [6.07, 6.45) is 0. The highest BCUT2D eigenvalue weighted by molar-refractivity contribution is 6.22. The fraction of sp³-hybridized carbons (Fsp3) is 0.0698. The molecule has 2 aliphatic carbocycles. The quantitative estimate of drug-likeness (QED) is 0.205. The van der Waals surface area contributed by atoms with Crippen LogP contribution in [0.4, 0.5) is 0 Å². The minimum absolute atomic E-state index is 0.0265. The first-order chi connectivity index (χ1) is 21.6. The first-order valence-electron chi connectivity index (χ1n) is 15.4. The molecule has 0 saturated carbocycles. The maximum atomic E-state index is 6.58. The molecule has 1 heteroatoms. The van der Waals surface area contributed by atoms with Gasteiger partial charge in [0.2, 0.25) is 0 Å². The number of fused-ring (bicyclic) bond motifs is 9. The Morgan fingerprint density at radius 3 is 1.82 bits per heavy atom. The van der Waals surface area contributed by atoms with Crippen molar-refractivity contribution in [2.45, 2.75) is 19.3 Å². The molecule has 0 aliphatic heterocycles. The summed E-state index contributed by atoms with van der Waals surface area (Å²) in [5.41, 5.74) is 17.5. The molecule has 0 bridgehead atoms. The van der Waals surface area contributed by atoms with Crippen LogP contribution in [0.2, 0.25) is 0 Å². The zero-order chi connectivity index (χ0) is 29.2. The van der Waals surface area contributed by atoms with Gasteiger partial charge in [0, 0.05) is 16.2 Å². The van der Waals surface area contributed by atoms with Gasteiger partial charge in [-0.1, -0.05) is 123 Å². The van der Waals surface area contributed by atoms with Gasteiger partial charge in [0.1, 0.15) is 11.2 Å². The van der Waals surface area contributed by atoms with Crippen molar-refractivity contribution in [3.05, 3.63) is 145 Å². The molecule has 2 aliphatic rings. The summed E-state index contributed by atoms with van der Waals surface area (Å²) in [5, 5.41) is 4.96. The van der Waals surface area contributed by atoms with Crippen molar-refractivity contribution in [3.8, 4) is 55.6 Å². The standard InChI is InChI=1S/C43H28O/c1-43(2)37-15-6-5-11-30(37)31-19-17-25(23-38(31)43)26-18-20-36-40(24-26)44-39-16-8-14-34(42(36)39)29-21-22-35-28-10-4-3-9-27(28)32-12-7-13-33(29)41(32)35/h3-24H,1-2H3. The summed E-state index contributed by atoms with van der Waals surface area (Å²) in [7, 11) is 0. The molecule has 0 spiro atoms. The van der Waals surface area contributed by atoms with Crippen molar-refractivity contribution in [1.82, 2.24) is 0 Å². The summed E-state index contributed by atoms with van der Waals surface area (Å²) in [5.74, 6) is 0. The Balaban J connectivity index is 1.14. The van der Waals surface area contributed by atoms with Crippen LogP contribution < -0.4 is 0 Å². The van der Waals surface area contributed by atoms with Crippen LogP contribution >= 0.6 is 0 Å². The highest BCUT2D eigenvalue weighted by Gasteiger charge is 2.35. The van der Waals surface area contributed by atoms with Crippen LogP contribution in [-0.2, 0) is 5.41 Å². The molecule has 0 unspecified atom stereocenters. The first kappa shape index (κ1) is 24.1. The van der Waals surface area contributed by atoms with E-state index in [-0.39, 0.29) is 5.41 Å². The number of hydrogen-bond donors (Lipinski definition) is 0. The smallest absolute Gasteiger partial charge is 0.136 e. The number of furan rings is 1. The Labute approximate surface area is 256 Å². The average Bonchev–Trinajstić information content (AvgIpc) is 3.68. The van der Waals surface area contributed by atoms with E-state index in [0.717, 1.165) is 16.6 Å². The largest absolute Gasteiger partial charge is 0.456 e. The number of benzene rings is 7. The number of hydrogen-bond acceptors (Lipinski definition) is 1. The Bertz CT molecular complexity index is 2490. The summed E-state index contributed by atoms with van der Waals surface area (Å²) in [6, 6.07) is 49.1. The van der Waals surface area contributed by atoms with Crippen molar-refractivity contribution in [1.29, 1.82) is 0 Å². The molecule has 8 aromatic rings. The lowest BCUT2D eigenvalue weighted by molar-refractivity contribution is 0.660. The lowest BCUT2D eigenvalue weighted by Gasteiger charge is -2.22. The van der Waals surface area contributed by atoms with Crippen LogP contribution in [0.1, 0.15) is 25.0 Å². The third kappa shape index (κ3) is 3.04. The van der Waals surface area contributed by atoms with Gasteiger partial charge in [-0.3, -0.25) is 0 Å². The topological polar surface area (TPSA) is 13.1 Å². The SMILES string of the molecule is CC1(C)c2ccccc2-c2ccc(-c3ccc4c(c3)oc3cccc(-c5ccc6c7c(cccc57)-c5ccccc5-6)c34)cc21. The van der Waals surface area contributed by atoms with Crippen LogP contribution in [0, 0.1) is 0 Å². The minimum Gasteiger partial charge on any atom is -0.456 e. The molecular formula is C43H28O. The molecule has 206 valence electrons. The normalized spacial score (nSPS) is 13.9. The van der Waals surface area contributed by atoms with Gasteiger partial charge in [-0.2, -0.15) is 0 Å². The van der Waals surface area contributed by atoms with E-state index in [2.05, 4.69) is 147 Å². The van der Waals surface area contributed by atoms with Gasteiger partial charge in [0.15, 0.2) is 0 Å². The maximum absolute atomic E-state index is 6.58. The molecule has 0 atom stereocenters. The second-order valence-electron chi connectivity index (χ2n) is 12.9. The fourth-order valence-electron chi connectivity index (χ4n) is 8.16. The van der Waals surface area contributed by atoms with Crippen molar-refractivity contribution in [2.75, 3.05) is 0 Å².